The van der Waals surface area contributed by atoms with Gasteiger partial charge in [0.25, 0.3) is 5.91 Å². The minimum Gasteiger partial charge on any atom is -0.384 e. The van der Waals surface area contributed by atoms with Crippen molar-refractivity contribution in [3.05, 3.63) is 94.1 Å². The molecule has 6 nitrogen and oxygen atoms in total. The van der Waals surface area contributed by atoms with Crippen molar-refractivity contribution >= 4 is 22.6 Å². The largest absolute Gasteiger partial charge is 0.384 e. The van der Waals surface area contributed by atoms with Crippen molar-refractivity contribution in [3.63, 3.8) is 0 Å². The fourth-order valence-corrected chi connectivity index (χ4v) is 3.73. The van der Waals surface area contributed by atoms with E-state index in [-0.39, 0.29) is 5.91 Å². The highest BCUT2D eigenvalue weighted by atomic mass is 16.1. The van der Waals surface area contributed by atoms with Gasteiger partial charge in [-0.05, 0) is 67.8 Å². The minimum atomic E-state index is -0.143. The van der Waals surface area contributed by atoms with Crippen LogP contribution in [0.2, 0.25) is 0 Å². The van der Waals surface area contributed by atoms with Crippen LogP contribution in [0.3, 0.4) is 0 Å². The van der Waals surface area contributed by atoms with Gasteiger partial charge in [-0.1, -0.05) is 18.2 Å². The van der Waals surface area contributed by atoms with Gasteiger partial charge in [-0.3, -0.25) is 14.8 Å². The molecular formula is C25H25N5O. The van der Waals surface area contributed by atoms with Crippen molar-refractivity contribution < 1.29 is 4.79 Å². The van der Waals surface area contributed by atoms with E-state index in [0.717, 1.165) is 44.7 Å². The van der Waals surface area contributed by atoms with Crippen LogP contribution < -0.4 is 11.1 Å². The summed E-state index contributed by atoms with van der Waals surface area (Å²) in [6.07, 6.45) is 2.31. The number of nitrogens with zero attached hydrogens (tertiary/aromatic N) is 3. The molecule has 6 heteroatoms. The van der Waals surface area contributed by atoms with Crippen molar-refractivity contribution in [3.8, 4) is 0 Å². The van der Waals surface area contributed by atoms with Crippen LogP contribution in [0.25, 0.3) is 10.9 Å². The van der Waals surface area contributed by atoms with Gasteiger partial charge >= 0.3 is 0 Å². The summed E-state index contributed by atoms with van der Waals surface area (Å²) in [6.45, 7) is 6.25. The topological polar surface area (TPSA) is 93.8 Å². The number of nitrogens with two attached hydrogens (primary N) is 1. The highest BCUT2D eigenvalue weighted by Gasteiger charge is 2.11. The first-order chi connectivity index (χ1) is 14.9. The summed E-state index contributed by atoms with van der Waals surface area (Å²) < 4.78 is 0. The van der Waals surface area contributed by atoms with Gasteiger partial charge in [0, 0.05) is 47.2 Å². The van der Waals surface area contributed by atoms with Crippen molar-refractivity contribution in [2.45, 2.75) is 33.7 Å². The normalized spacial score (nSPS) is 10.9. The molecule has 0 fully saturated rings. The van der Waals surface area contributed by atoms with Crippen LogP contribution in [0, 0.1) is 20.8 Å². The van der Waals surface area contributed by atoms with Gasteiger partial charge in [-0.25, -0.2) is 4.98 Å². The number of aryl methyl sites for hydroxylation is 3. The Morgan fingerprint density at radius 3 is 2.61 bits per heavy atom. The average Bonchev–Trinajstić information content (AvgIpc) is 2.72. The number of carbonyl (C=O) groups excluding carboxylic acids is 1. The SMILES string of the molecule is Cc1ccc2ccc(Cc3cc(C(=O)NCc4c(C)cc(N)nc4C)ccn3)cc2n1. The summed E-state index contributed by atoms with van der Waals surface area (Å²) in [4.78, 5) is 26.1. The summed E-state index contributed by atoms with van der Waals surface area (Å²) >= 11 is 0. The third kappa shape index (κ3) is 4.69. The van der Waals surface area contributed by atoms with Crippen molar-refractivity contribution in [1.82, 2.24) is 20.3 Å². The third-order valence-corrected chi connectivity index (χ3v) is 5.36. The number of nitrogens with one attached hydrogen (secondary N) is 1. The molecule has 0 aliphatic carbocycles. The summed E-state index contributed by atoms with van der Waals surface area (Å²) in [5.74, 6) is 0.345. The molecule has 4 aromatic rings. The molecule has 0 atom stereocenters. The highest BCUT2D eigenvalue weighted by Crippen LogP contribution is 2.18. The van der Waals surface area contributed by atoms with Gasteiger partial charge in [-0.15, -0.1) is 0 Å². The number of pyridine rings is 3. The molecule has 0 aliphatic rings. The second-order valence-electron chi connectivity index (χ2n) is 7.80. The number of hydrogen-bond acceptors (Lipinski definition) is 5. The maximum atomic E-state index is 12.7. The Balaban J connectivity index is 1.48. The average molecular weight is 412 g/mol. The quantitative estimate of drug-likeness (QED) is 0.517. The van der Waals surface area contributed by atoms with E-state index in [9.17, 15) is 4.79 Å². The second-order valence-corrected chi connectivity index (χ2v) is 7.80. The summed E-state index contributed by atoms with van der Waals surface area (Å²) in [5, 5.41) is 4.09. The number of nitrogen functional groups attached to an aromatic ring is 1. The van der Waals surface area contributed by atoms with Crippen molar-refractivity contribution in [2.75, 3.05) is 5.73 Å². The van der Waals surface area contributed by atoms with Gasteiger partial charge < -0.3 is 11.1 Å². The van der Waals surface area contributed by atoms with Crippen LogP contribution in [0.5, 0.6) is 0 Å². The van der Waals surface area contributed by atoms with E-state index < -0.39 is 0 Å². The maximum Gasteiger partial charge on any atom is 0.251 e. The number of anilines is 1. The summed E-state index contributed by atoms with van der Waals surface area (Å²) in [6, 6.07) is 15.7. The van der Waals surface area contributed by atoms with E-state index in [1.807, 2.05) is 39.0 Å². The lowest BCUT2D eigenvalue weighted by Gasteiger charge is -2.12. The zero-order chi connectivity index (χ0) is 22.0. The highest BCUT2D eigenvalue weighted by molar-refractivity contribution is 5.94. The molecule has 0 unspecified atom stereocenters. The van der Waals surface area contributed by atoms with Gasteiger partial charge in [0.05, 0.1) is 5.52 Å². The van der Waals surface area contributed by atoms with Crippen LogP contribution in [0.4, 0.5) is 5.82 Å². The van der Waals surface area contributed by atoms with E-state index in [2.05, 4.69) is 44.5 Å². The standard InChI is InChI=1S/C25H25N5O/c1-15-10-24(26)30-17(3)22(15)14-28-25(31)20-8-9-27-21(13-20)11-18-5-7-19-6-4-16(2)29-23(19)12-18/h4-10,12-13H,11,14H2,1-3H3,(H2,26,30)(H,28,31). The van der Waals surface area contributed by atoms with Crippen LogP contribution >= 0.6 is 0 Å². The molecule has 0 spiro atoms. The van der Waals surface area contributed by atoms with E-state index in [4.69, 9.17) is 5.73 Å². The molecule has 3 heterocycles. The van der Waals surface area contributed by atoms with E-state index >= 15 is 0 Å². The molecule has 156 valence electrons. The number of aromatic nitrogens is 3. The maximum absolute atomic E-state index is 12.7. The Hall–Kier alpha value is -3.80. The van der Waals surface area contributed by atoms with Gasteiger partial charge in [0.15, 0.2) is 0 Å². The molecule has 3 N–H and O–H groups in total. The first-order valence-electron chi connectivity index (χ1n) is 10.2. The number of amides is 1. The molecule has 1 aromatic carbocycles. The fourth-order valence-electron chi connectivity index (χ4n) is 3.73. The minimum absolute atomic E-state index is 0.143. The lowest BCUT2D eigenvalue weighted by molar-refractivity contribution is 0.0950. The van der Waals surface area contributed by atoms with E-state index in [1.165, 1.54) is 0 Å². The lowest BCUT2D eigenvalue weighted by atomic mass is 10.0. The van der Waals surface area contributed by atoms with Crippen LogP contribution in [0.15, 0.2) is 54.7 Å². The number of benzene rings is 1. The number of fused-ring (bicyclic) bond motifs is 1. The summed E-state index contributed by atoms with van der Waals surface area (Å²) in [7, 11) is 0. The predicted octanol–water partition coefficient (Wildman–Crippen LogP) is 4.05. The fraction of sp³-hybridized carbons (Fsp3) is 0.200. The zero-order valence-corrected chi connectivity index (χ0v) is 17.9. The molecule has 0 saturated carbocycles. The van der Waals surface area contributed by atoms with Crippen molar-refractivity contribution in [1.29, 1.82) is 0 Å². The Morgan fingerprint density at radius 2 is 1.81 bits per heavy atom. The van der Waals surface area contributed by atoms with Gasteiger partial charge in [0.2, 0.25) is 0 Å². The van der Waals surface area contributed by atoms with Crippen LogP contribution in [0.1, 0.15) is 44.1 Å². The van der Waals surface area contributed by atoms with E-state index in [0.29, 0.717) is 24.3 Å². The molecule has 0 aliphatic heterocycles. The molecule has 0 radical (unpaired) electrons. The molecule has 31 heavy (non-hydrogen) atoms. The number of carbonyl (C=O) groups is 1. The third-order valence-electron chi connectivity index (χ3n) is 5.36. The number of hydrogen-bond donors (Lipinski definition) is 2. The van der Waals surface area contributed by atoms with Gasteiger partial charge in [0.1, 0.15) is 5.82 Å². The van der Waals surface area contributed by atoms with Crippen LogP contribution in [-0.2, 0) is 13.0 Å². The van der Waals surface area contributed by atoms with E-state index in [1.54, 1.807) is 12.3 Å². The second kappa shape index (κ2) is 8.52. The first-order valence-corrected chi connectivity index (χ1v) is 10.2. The Labute approximate surface area is 181 Å². The molecule has 1 amide bonds. The Bertz CT molecular complexity index is 1260. The Kier molecular flexibility index (Phi) is 5.62. The molecule has 0 saturated heterocycles. The van der Waals surface area contributed by atoms with Crippen LogP contribution in [-0.4, -0.2) is 20.9 Å². The zero-order valence-electron chi connectivity index (χ0n) is 17.9. The predicted molar refractivity (Wildman–Crippen MR) is 123 cm³/mol. The number of rotatable bonds is 5. The molecule has 0 bridgehead atoms. The monoisotopic (exact) mass is 411 g/mol. The molecule has 4 rings (SSSR count). The summed E-state index contributed by atoms with van der Waals surface area (Å²) in [5.41, 5.74) is 13.1. The lowest BCUT2D eigenvalue weighted by Crippen LogP contribution is -2.24. The smallest absolute Gasteiger partial charge is 0.251 e. The van der Waals surface area contributed by atoms with Crippen molar-refractivity contribution in [2.24, 2.45) is 0 Å². The Morgan fingerprint density at radius 1 is 1.00 bits per heavy atom. The first kappa shape index (κ1) is 20.5. The molecular weight excluding hydrogens is 386 g/mol. The molecule has 3 aromatic heterocycles. The van der Waals surface area contributed by atoms with Gasteiger partial charge in [-0.2, -0.15) is 0 Å².